The Labute approximate surface area is 131 Å². The lowest BCUT2D eigenvalue weighted by atomic mass is 10.4. The second-order valence-electron chi connectivity index (χ2n) is 3.77. The lowest BCUT2D eigenvalue weighted by molar-refractivity contribution is 0.135. The van der Waals surface area contributed by atoms with Crippen LogP contribution in [0, 0.1) is 0 Å². The maximum atomic E-state index is 12.6. The monoisotopic (exact) mass is 413 g/mol. The molecular formula is C12H17Br2NO3S. The molecule has 0 saturated carbocycles. The summed E-state index contributed by atoms with van der Waals surface area (Å²) in [5, 5.41) is 0. The van der Waals surface area contributed by atoms with Gasteiger partial charge in [0.2, 0.25) is 10.0 Å². The minimum absolute atomic E-state index is 0.264. The lowest BCUT2D eigenvalue weighted by Gasteiger charge is -2.21. The highest BCUT2D eigenvalue weighted by Gasteiger charge is 2.25. The van der Waals surface area contributed by atoms with Gasteiger partial charge in [0.1, 0.15) is 0 Å². The molecule has 0 heterocycles. The molecule has 0 atom stereocenters. The number of benzene rings is 1. The molecule has 0 aliphatic carbocycles. The van der Waals surface area contributed by atoms with Gasteiger partial charge in [-0.15, -0.1) is 0 Å². The van der Waals surface area contributed by atoms with Crippen LogP contribution in [0.5, 0.6) is 0 Å². The number of ether oxygens (including phenoxy) is 1. The molecule has 0 aliphatic heterocycles. The van der Waals surface area contributed by atoms with Crippen molar-refractivity contribution in [3.63, 3.8) is 0 Å². The molecule has 1 rings (SSSR count). The average molecular weight is 415 g/mol. The number of hydrogen-bond acceptors (Lipinski definition) is 3. The lowest BCUT2D eigenvalue weighted by Crippen LogP contribution is -2.34. The Bertz CT molecular complexity index is 520. The van der Waals surface area contributed by atoms with Crippen LogP contribution in [0.4, 0.5) is 0 Å². The van der Waals surface area contributed by atoms with Crippen LogP contribution in [-0.2, 0) is 14.8 Å². The molecule has 4 nitrogen and oxygen atoms in total. The van der Waals surface area contributed by atoms with Gasteiger partial charge >= 0.3 is 0 Å². The van der Waals surface area contributed by atoms with Gasteiger partial charge < -0.3 is 4.74 Å². The summed E-state index contributed by atoms with van der Waals surface area (Å²) in [4.78, 5) is 0.264. The summed E-state index contributed by atoms with van der Waals surface area (Å²) in [6.07, 6.45) is 0. The number of nitrogens with zero attached hydrogens (tertiary/aromatic N) is 1. The Kier molecular flexibility index (Phi) is 6.96. The zero-order chi connectivity index (χ0) is 14.5. The van der Waals surface area contributed by atoms with Gasteiger partial charge in [-0.05, 0) is 41.1 Å². The first-order valence-electron chi connectivity index (χ1n) is 5.96. The highest BCUT2D eigenvalue weighted by atomic mass is 79.9. The maximum Gasteiger partial charge on any atom is 0.244 e. The van der Waals surface area contributed by atoms with E-state index in [0.717, 1.165) is 4.47 Å². The van der Waals surface area contributed by atoms with Crippen molar-refractivity contribution in [1.82, 2.24) is 4.31 Å². The molecule has 0 amide bonds. The fourth-order valence-electron chi connectivity index (χ4n) is 1.57. The summed E-state index contributed by atoms with van der Waals surface area (Å²) >= 11 is 6.58. The predicted molar refractivity (Wildman–Crippen MR) is 82.8 cm³/mol. The molecular weight excluding hydrogens is 398 g/mol. The molecule has 1 aromatic rings. The van der Waals surface area contributed by atoms with Crippen molar-refractivity contribution in [3.05, 3.63) is 27.1 Å². The van der Waals surface area contributed by atoms with Crippen molar-refractivity contribution in [2.45, 2.75) is 18.7 Å². The van der Waals surface area contributed by atoms with Crippen LogP contribution in [-0.4, -0.2) is 39.0 Å². The molecule has 19 heavy (non-hydrogen) atoms. The van der Waals surface area contributed by atoms with Gasteiger partial charge in [-0.2, -0.15) is 4.31 Å². The van der Waals surface area contributed by atoms with E-state index in [0.29, 0.717) is 30.8 Å². The maximum absolute atomic E-state index is 12.6. The molecule has 0 bridgehead atoms. The smallest absolute Gasteiger partial charge is 0.244 e. The molecule has 0 N–H and O–H groups in total. The van der Waals surface area contributed by atoms with E-state index < -0.39 is 10.0 Å². The van der Waals surface area contributed by atoms with Crippen LogP contribution < -0.4 is 0 Å². The zero-order valence-electron chi connectivity index (χ0n) is 10.9. The fourth-order valence-corrected chi connectivity index (χ4v) is 4.47. The third kappa shape index (κ3) is 4.53. The van der Waals surface area contributed by atoms with Gasteiger partial charge in [0.15, 0.2) is 0 Å². The molecule has 7 heteroatoms. The van der Waals surface area contributed by atoms with Crippen LogP contribution in [0.2, 0.25) is 0 Å². The van der Waals surface area contributed by atoms with Crippen LogP contribution in [0.25, 0.3) is 0 Å². The van der Waals surface area contributed by atoms with Crippen molar-refractivity contribution in [2.75, 3.05) is 26.3 Å². The van der Waals surface area contributed by atoms with Crippen molar-refractivity contribution in [2.24, 2.45) is 0 Å². The van der Waals surface area contributed by atoms with E-state index in [9.17, 15) is 8.42 Å². The number of sulfonamides is 1. The minimum Gasteiger partial charge on any atom is -0.380 e. The third-order valence-corrected chi connectivity index (χ3v) is 6.01. The third-order valence-electron chi connectivity index (χ3n) is 2.55. The van der Waals surface area contributed by atoms with E-state index in [2.05, 4.69) is 31.9 Å². The Balaban J connectivity index is 3.03. The zero-order valence-corrected chi connectivity index (χ0v) is 14.9. The molecule has 108 valence electrons. The molecule has 0 saturated heterocycles. The summed E-state index contributed by atoms with van der Waals surface area (Å²) < 4.78 is 33.0. The van der Waals surface area contributed by atoms with E-state index >= 15 is 0 Å². The molecule has 1 aromatic carbocycles. The van der Waals surface area contributed by atoms with Gasteiger partial charge in [-0.1, -0.05) is 22.9 Å². The largest absolute Gasteiger partial charge is 0.380 e. The molecule has 0 spiro atoms. The van der Waals surface area contributed by atoms with E-state index in [1.54, 1.807) is 18.2 Å². The number of halogens is 2. The number of rotatable bonds is 7. The Hall–Kier alpha value is 0.0500. The van der Waals surface area contributed by atoms with Crippen LogP contribution >= 0.6 is 31.9 Å². The van der Waals surface area contributed by atoms with E-state index in [4.69, 9.17) is 4.74 Å². The first kappa shape index (κ1) is 17.1. The Morgan fingerprint density at radius 1 is 1.26 bits per heavy atom. The fraction of sp³-hybridized carbons (Fsp3) is 0.500. The Morgan fingerprint density at radius 3 is 2.53 bits per heavy atom. The van der Waals surface area contributed by atoms with Crippen molar-refractivity contribution >= 4 is 41.9 Å². The van der Waals surface area contributed by atoms with Crippen molar-refractivity contribution in [1.29, 1.82) is 0 Å². The topological polar surface area (TPSA) is 46.6 Å². The van der Waals surface area contributed by atoms with Gasteiger partial charge in [0.05, 0.1) is 11.5 Å². The molecule has 0 radical (unpaired) electrons. The SMILES string of the molecule is CCOCCN(CC)S(=O)(=O)c1cc(Br)ccc1Br. The standard InChI is InChI=1S/C12H17Br2NO3S/c1-3-15(7-8-18-4-2)19(16,17)12-9-10(13)5-6-11(12)14/h5-6,9H,3-4,7-8H2,1-2H3. The molecule has 0 fully saturated rings. The summed E-state index contributed by atoms with van der Waals surface area (Å²) in [6.45, 7) is 5.44. The quantitative estimate of drug-likeness (QED) is 0.643. The van der Waals surface area contributed by atoms with Crippen LogP contribution in [0.3, 0.4) is 0 Å². The average Bonchev–Trinajstić information content (AvgIpc) is 2.37. The highest BCUT2D eigenvalue weighted by molar-refractivity contribution is 9.11. The van der Waals surface area contributed by atoms with Gasteiger partial charge in [-0.25, -0.2) is 8.42 Å². The van der Waals surface area contributed by atoms with Crippen LogP contribution in [0.15, 0.2) is 32.0 Å². The van der Waals surface area contributed by atoms with Gasteiger partial charge in [0.25, 0.3) is 0 Å². The second kappa shape index (κ2) is 7.73. The summed E-state index contributed by atoms with van der Waals surface area (Å²) in [6, 6.07) is 5.11. The number of likely N-dealkylation sites (N-methyl/N-ethyl adjacent to an activating group) is 1. The normalized spacial score (nSPS) is 12.1. The predicted octanol–water partition coefficient (Wildman–Crippen LogP) is 3.26. The summed E-state index contributed by atoms with van der Waals surface area (Å²) in [5.41, 5.74) is 0. The van der Waals surface area contributed by atoms with E-state index in [1.165, 1.54) is 4.31 Å². The van der Waals surface area contributed by atoms with Crippen LogP contribution in [0.1, 0.15) is 13.8 Å². The molecule has 0 unspecified atom stereocenters. The van der Waals surface area contributed by atoms with Gasteiger partial charge in [0, 0.05) is 28.6 Å². The molecule has 0 aliphatic rings. The highest BCUT2D eigenvalue weighted by Crippen LogP contribution is 2.28. The first-order valence-corrected chi connectivity index (χ1v) is 8.99. The summed E-state index contributed by atoms with van der Waals surface area (Å²) in [7, 11) is -3.51. The van der Waals surface area contributed by atoms with E-state index in [-0.39, 0.29) is 4.90 Å². The second-order valence-corrected chi connectivity index (χ2v) is 7.44. The minimum atomic E-state index is -3.51. The van der Waals surface area contributed by atoms with Crippen molar-refractivity contribution < 1.29 is 13.2 Å². The Morgan fingerprint density at radius 2 is 1.95 bits per heavy atom. The first-order chi connectivity index (χ1) is 8.93. The summed E-state index contributed by atoms with van der Waals surface area (Å²) in [5.74, 6) is 0. The van der Waals surface area contributed by atoms with E-state index in [1.807, 2.05) is 13.8 Å². The van der Waals surface area contributed by atoms with Gasteiger partial charge in [-0.3, -0.25) is 0 Å². The number of hydrogen-bond donors (Lipinski definition) is 0. The van der Waals surface area contributed by atoms with Crippen molar-refractivity contribution in [3.8, 4) is 0 Å². The molecule has 0 aromatic heterocycles.